The minimum Gasteiger partial charge on any atom is -0.328 e. The van der Waals surface area contributed by atoms with Crippen molar-refractivity contribution in [1.29, 1.82) is 0 Å². The first-order valence-electron chi connectivity index (χ1n) is 4.19. The molecule has 0 unspecified atom stereocenters. The molecule has 0 radical (unpaired) electrons. The van der Waals surface area contributed by atoms with Gasteiger partial charge in [-0.2, -0.15) is 4.39 Å². The van der Waals surface area contributed by atoms with Gasteiger partial charge in [-0.05, 0) is 18.9 Å². The van der Waals surface area contributed by atoms with Crippen LogP contribution in [0.3, 0.4) is 0 Å². The summed E-state index contributed by atoms with van der Waals surface area (Å²) >= 11 is 0. The normalized spacial score (nSPS) is 12.5. The summed E-state index contributed by atoms with van der Waals surface area (Å²) in [5.41, 5.74) is 5.27. The zero-order valence-electron chi connectivity index (χ0n) is 7.74. The highest BCUT2D eigenvalue weighted by molar-refractivity contribution is 5.37. The highest BCUT2D eigenvalue weighted by Crippen LogP contribution is 2.20. The van der Waals surface area contributed by atoms with Gasteiger partial charge in [-0.25, -0.2) is 0 Å². The van der Waals surface area contributed by atoms with E-state index in [0.717, 1.165) is 6.07 Å². The van der Waals surface area contributed by atoms with E-state index in [-0.39, 0.29) is 11.6 Å². The number of hydrogen-bond acceptors (Lipinski definition) is 3. The lowest BCUT2D eigenvalue weighted by molar-refractivity contribution is -0.387. The first kappa shape index (κ1) is 10.6. The van der Waals surface area contributed by atoms with E-state index in [4.69, 9.17) is 5.73 Å². The second kappa shape index (κ2) is 4.15. The second-order valence-corrected chi connectivity index (χ2v) is 3.19. The zero-order chi connectivity index (χ0) is 10.7. The summed E-state index contributed by atoms with van der Waals surface area (Å²) < 4.78 is 13.4. The van der Waals surface area contributed by atoms with Gasteiger partial charge < -0.3 is 5.73 Å². The van der Waals surface area contributed by atoms with Crippen LogP contribution in [0.15, 0.2) is 18.2 Å². The van der Waals surface area contributed by atoms with E-state index in [1.807, 2.05) is 0 Å². The Bertz CT molecular complexity index is 353. The topological polar surface area (TPSA) is 69.2 Å². The standard InChI is InChI=1S/C9H11FN2O2/c1-6(11)5-7-3-2-4-8(9(7)10)12(13)14/h2-4,6H,5,11H2,1H3/t6-/m1/s1. The van der Waals surface area contributed by atoms with Gasteiger partial charge in [0.1, 0.15) is 0 Å². The quantitative estimate of drug-likeness (QED) is 0.592. The fraction of sp³-hybridized carbons (Fsp3) is 0.333. The van der Waals surface area contributed by atoms with E-state index in [0.29, 0.717) is 6.42 Å². The van der Waals surface area contributed by atoms with Gasteiger partial charge in [-0.1, -0.05) is 12.1 Å². The molecular weight excluding hydrogens is 187 g/mol. The molecule has 1 aromatic carbocycles. The Hall–Kier alpha value is -1.49. The monoisotopic (exact) mass is 198 g/mol. The van der Waals surface area contributed by atoms with Crippen molar-refractivity contribution in [3.63, 3.8) is 0 Å². The minimum atomic E-state index is -0.783. The molecule has 0 saturated carbocycles. The van der Waals surface area contributed by atoms with Crippen molar-refractivity contribution in [2.45, 2.75) is 19.4 Å². The van der Waals surface area contributed by atoms with Crippen molar-refractivity contribution in [3.05, 3.63) is 39.7 Å². The SMILES string of the molecule is C[C@@H](N)Cc1cccc([N+](=O)[O-])c1F. The first-order chi connectivity index (χ1) is 6.52. The molecule has 0 saturated heterocycles. The van der Waals surface area contributed by atoms with Gasteiger partial charge in [-0.3, -0.25) is 10.1 Å². The summed E-state index contributed by atoms with van der Waals surface area (Å²) in [6.45, 7) is 1.72. The van der Waals surface area contributed by atoms with Crippen LogP contribution in [-0.4, -0.2) is 11.0 Å². The lowest BCUT2D eigenvalue weighted by Crippen LogP contribution is -2.18. The van der Waals surface area contributed by atoms with E-state index >= 15 is 0 Å². The van der Waals surface area contributed by atoms with Crippen LogP contribution in [0.2, 0.25) is 0 Å². The molecule has 0 bridgehead atoms. The molecule has 14 heavy (non-hydrogen) atoms. The molecule has 0 fully saturated rings. The Kier molecular flexibility index (Phi) is 3.14. The van der Waals surface area contributed by atoms with Crippen LogP contribution < -0.4 is 5.73 Å². The highest BCUT2D eigenvalue weighted by Gasteiger charge is 2.17. The molecule has 0 spiro atoms. The summed E-state index contributed by atoms with van der Waals surface area (Å²) in [5.74, 6) is -0.783. The van der Waals surface area contributed by atoms with Crippen molar-refractivity contribution in [3.8, 4) is 0 Å². The first-order valence-corrected chi connectivity index (χ1v) is 4.19. The maximum atomic E-state index is 13.4. The van der Waals surface area contributed by atoms with Crippen molar-refractivity contribution in [2.75, 3.05) is 0 Å². The fourth-order valence-electron chi connectivity index (χ4n) is 1.21. The fourth-order valence-corrected chi connectivity index (χ4v) is 1.21. The van der Waals surface area contributed by atoms with Crippen LogP contribution in [0.4, 0.5) is 10.1 Å². The molecule has 0 aliphatic carbocycles. The number of halogens is 1. The van der Waals surface area contributed by atoms with Gasteiger partial charge in [0.05, 0.1) is 4.92 Å². The van der Waals surface area contributed by atoms with Crippen LogP contribution >= 0.6 is 0 Å². The number of nitro groups is 1. The summed E-state index contributed by atoms with van der Waals surface area (Å²) in [6, 6.07) is 3.89. The lowest BCUT2D eigenvalue weighted by atomic mass is 10.1. The molecule has 0 amide bonds. The van der Waals surface area contributed by atoms with Crippen LogP contribution in [0.1, 0.15) is 12.5 Å². The summed E-state index contributed by atoms with van der Waals surface area (Å²) in [6.07, 6.45) is 0.299. The Morgan fingerprint density at radius 1 is 1.64 bits per heavy atom. The number of benzene rings is 1. The zero-order valence-corrected chi connectivity index (χ0v) is 7.74. The van der Waals surface area contributed by atoms with E-state index < -0.39 is 16.4 Å². The molecule has 2 N–H and O–H groups in total. The largest absolute Gasteiger partial charge is 0.328 e. The minimum absolute atomic E-state index is 0.216. The molecule has 1 rings (SSSR count). The molecular formula is C9H11FN2O2. The number of nitrogens with two attached hydrogens (primary N) is 1. The van der Waals surface area contributed by atoms with Crippen molar-refractivity contribution in [1.82, 2.24) is 0 Å². The lowest BCUT2D eigenvalue weighted by Gasteiger charge is -2.05. The van der Waals surface area contributed by atoms with Crippen molar-refractivity contribution < 1.29 is 9.31 Å². The van der Waals surface area contributed by atoms with Crippen molar-refractivity contribution >= 4 is 5.69 Å². The van der Waals surface area contributed by atoms with Gasteiger partial charge in [0.2, 0.25) is 5.82 Å². The predicted molar refractivity (Wildman–Crippen MR) is 50.4 cm³/mol. The number of nitrogens with zero attached hydrogens (tertiary/aromatic N) is 1. The van der Waals surface area contributed by atoms with Crippen LogP contribution in [0.25, 0.3) is 0 Å². The average Bonchev–Trinajstić information content (AvgIpc) is 2.07. The van der Waals surface area contributed by atoms with Crippen molar-refractivity contribution in [2.24, 2.45) is 5.73 Å². The Balaban J connectivity index is 3.07. The molecule has 0 aliphatic heterocycles. The molecule has 0 heterocycles. The summed E-state index contributed by atoms with van der Waals surface area (Å²) in [4.78, 5) is 9.66. The number of hydrogen-bond donors (Lipinski definition) is 1. The molecule has 0 aliphatic rings. The molecule has 0 aromatic heterocycles. The second-order valence-electron chi connectivity index (χ2n) is 3.19. The maximum absolute atomic E-state index is 13.4. The molecule has 5 heteroatoms. The van der Waals surface area contributed by atoms with E-state index in [1.54, 1.807) is 6.92 Å². The third kappa shape index (κ3) is 2.26. The molecule has 76 valence electrons. The van der Waals surface area contributed by atoms with Crippen LogP contribution in [0.5, 0.6) is 0 Å². The number of nitro benzene ring substituents is 1. The Labute approximate surface area is 80.7 Å². The Morgan fingerprint density at radius 3 is 2.79 bits per heavy atom. The third-order valence-corrected chi connectivity index (χ3v) is 1.80. The molecule has 1 atom stereocenters. The van der Waals surface area contributed by atoms with Gasteiger partial charge >= 0.3 is 5.69 Å². The smallest absolute Gasteiger partial charge is 0.305 e. The van der Waals surface area contributed by atoms with E-state index in [9.17, 15) is 14.5 Å². The van der Waals surface area contributed by atoms with Gasteiger partial charge in [0.15, 0.2) is 0 Å². The predicted octanol–water partition coefficient (Wildman–Crippen LogP) is 1.62. The maximum Gasteiger partial charge on any atom is 0.305 e. The van der Waals surface area contributed by atoms with Crippen LogP contribution in [0, 0.1) is 15.9 Å². The third-order valence-electron chi connectivity index (χ3n) is 1.80. The van der Waals surface area contributed by atoms with E-state index in [1.165, 1.54) is 12.1 Å². The summed E-state index contributed by atoms with van der Waals surface area (Å²) in [5, 5.41) is 10.4. The number of rotatable bonds is 3. The summed E-state index contributed by atoms with van der Waals surface area (Å²) in [7, 11) is 0. The highest BCUT2D eigenvalue weighted by atomic mass is 19.1. The van der Waals surface area contributed by atoms with Crippen LogP contribution in [-0.2, 0) is 6.42 Å². The van der Waals surface area contributed by atoms with E-state index in [2.05, 4.69) is 0 Å². The molecule has 1 aromatic rings. The Morgan fingerprint density at radius 2 is 2.29 bits per heavy atom. The molecule has 4 nitrogen and oxygen atoms in total. The van der Waals surface area contributed by atoms with Gasteiger partial charge in [0.25, 0.3) is 0 Å². The van der Waals surface area contributed by atoms with Gasteiger partial charge in [-0.15, -0.1) is 0 Å². The average molecular weight is 198 g/mol. The van der Waals surface area contributed by atoms with Gasteiger partial charge in [0, 0.05) is 12.1 Å².